The van der Waals surface area contributed by atoms with Crippen molar-refractivity contribution in [2.24, 2.45) is 5.92 Å². The van der Waals surface area contributed by atoms with E-state index in [1.165, 1.54) is 0 Å². The molecule has 1 aliphatic carbocycles. The van der Waals surface area contributed by atoms with E-state index in [4.69, 9.17) is 4.74 Å². The van der Waals surface area contributed by atoms with E-state index in [9.17, 15) is 27.6 Å². The zero-order valence-electron chi connectivity index (χ0n) is 21.2. The van der Waals surface area contributed by atoms with Gasteiger partial charge in [0.05, 0.1) is 0 Å². The minimum absolute atomic E-state index is 0.162. The maximum Gasteiger partial charge on any atom is 0.471 e. The lowest BCUT2D eigenvalue weighted by Gasteiger charge is -2.28. The van der Waals surface area contributed by atoms with Gasteiger partial charge in [-0.1, -0.05) is 54.1 Å². The molecule has 198 valence electrons. The Bertz CT molecular complexity index is 981. The second-order valence-electron chi connectivity index (χ2n) is 10.2. The molecule has 0 aliphatic heterocycles. The third kappa shape index (κ3) is 9.51. The van der Waals surface area contributed by atoms with Gasteiger partial charge in [-0.25, -0.2) is 4.79 Å². The second kappa shape index (κ2) is 12.2. The van der Waals surface area contributed by atoms with E-state index < -0.39 is 41.6 Å². The van der Waals surface area contributed by atoms with E-state index in [2.05, 4.69) is 11.9 Å². The number of amides is 2. The first-order valence-corrected chi connectivity index (χ1v) is 11.9. The molecule has 2 amide bonds. The smallest absolute Gasteiger partial charge is 0.458 e. The fourth-order valence-corrected chi connectivity index (χ4v) is 3.92. The highest BCUT2D eigenvalue weighted by Gasteiger charge is 2.41. The summed E-state index contributed by atoms with van der Waals surface area (Å²) in [7, 11) is 0. The van der Waals surface area contributed by atoms with Gasteiger partial charge >= 0.3 is 18.1 Å². The highest BCUT2D eigenvalue weighted by Crippen LogP contribution is 2.30. The lowest BCUT2D eigenvalue weighted by atomic mass is 9.83. The Morgan fingerprint density at radius 3 is 2.19 bits per heavy atom. The summed E-state index contributed by atoms with van der Waals surface area (Å²) in [5, 5.41) is 4.31. The van der Waals surface area contributed by atoms with Crippen LogP contribution in [0.5, 0.6) is 0 Å². The standard InChI is InChI=1S/C27H35F3N2O4/c1-17(2)20-13-11-19(12-14-20)16-22(24(34)36-26(3,4)5)31-23(33)21(32-25(35)27(28,29)30)15-18-9-7-6-8-10-18/h6-11,20-22H,1,12-16H2,2-5H3,(H,31,33)(H,32,35)/t20-,21+,22-/m1/s1. The third-order valence-corrected chi connectivity index (χ3v) is 5.84. The van der Waals surface area contributed by atoms with Gasteiger partial charge in [-0.15, -0.1) is 0 Å². The maximum absolute atomic E-state index is 13.1. The number of hydrogen-bond acceptors (Lipinski definition) is 4. The van der Waals surface area contributed by atoms with E-state index in [1.54, 1.807) is 56.4 Å². The van der Waals surface area contributed by atoms with Crippen LogP contribution in [0.15, 0.2) is 54.1 Å². The Balaban J connectivity index is 2.25. The molecule has 3 atom stereocenters. The number of halogens is 3. The lowest BCUT2D eigenvalue weighted by Crippen LogP contribution is -2.55. The Hall–Kier alpha value is -3.10. The summed E-state index contributed by atoms with van der Waals surface area (Å²) in [6.07, 6.45) is -0.851. The van der Waals surface area contributed by atoms with E-state index in [0.29, 0.717) is 17.9 Å². The molecule has 2 rings (SSSR count). The summed E-state index contributed by atoms with van der Waals surface area (Å²) in [6, 6.07) is 5.68. The van der Waals surface area contributed by atoms with Gasteiger partial charge in [0.15, 0.2) is 0 Å². The summed E-state index contributed by atoms with van der Waals surface area (Å²) >= 11 is 0. The normalized spacial score (nSPS) is 17.9. The summed E-state index contributed by atoms with van der Waals surface area (Å²) in [5.41, 5.74) is 1.74. The van der Waals surface area contributed by atoms with Crippen molar-refractivity contribution >= 4 is 17.8 Å². The topological polar surface area (TPSA) is 84.5 Å². The number of carbonyl (C=O) groups is 3. The molecule has 0 fully saturated rings. The number of allylic oxidation sites excluding steroid dienone is 2. The van der Waals surface area contributed by atoms with Crippen LogP contribution < -0.4 is 10.6 Å². The molecular formula is C27H35F3N2O4. The van der Waals surface area contributed by atoms with Gasteiger partial charge in [0, 0.05) is 6.42 Å². The summed E-state index contributed by atoms with van der Waals surface area (Å²) in [6.45, 7) is 11.0. The molecule has 0 spiro atoms. The zero-order chi connectivity index (χ0) is 27.1. The van der Waals surface area contributed by atoms with Gasteiger partial charge < -0.3 is 15.4 Å². The fraction of sp³-hybridized carbons (Fsp3) is 0.519. The average Bonchev–Trinajstić information content (AvgIpc) is 2.77. The summed E-state index contributed by atoms with van der Waals surface area (Å²) in [5.74, 6) is -3.48. The molecule has 0 aromatic heterocycles. The molecule has 0 saturated heterocycles. The van der Waals surface area contributed by atoms with Gasteiger partial charge in [0.2, 0.25) is 5.91 Å². The van der Waals surface area contributed by atoms with Crippen molar-refractivity contribution in [2.75, 3.05) is 0 Å². The van der Waals surface area contributed by atoms with Crippen molar-refractivity contribution in [1.82, 2.24) is 10.6 Å². The van der Waals surface area contributed by atoms with Crippen LogP contribution in [0, 0.1) is 5.92 Å². The van der Waals surface area contributed by atoms with Crippen molar-refractivity contribution in [3.8, 4) is 0 Å². The first kappa shape index (κ1) is 29.1. The van der Waals surface area contributed by atoms with Crippen molar-refractivity contribution in [2.45, 2.75) is 83.7 Å². The Morgan fingerprint density at radius 2 is 1.69 bits per heavy atom. The van der Waals surface area contributed by atoms with Crippen LogP contribution in [-0.4, -0.2) is 41.6 Å². The van der Waals surface area contributed by atoms with Gasteiger partial charge in [-0.05, 0) is 64.9 Å². The second-order valence-corrected chi connectivity index (χ2v) is 10.2. The third-order valence-electron chi connectivity index (χ3n) is 5.84. The molecule has 1 aliphatic rings. The first-order chi connectivity index (χ1) is 16.7. The van der Waals surface area contributed by atoms with Gasteiger partial charge in [0.1, 0.15) is 17.7 Å². The summed E-state index contributed by atoms with van der Waals surface area (Å²) in [4.78, 5) is 37.8. The highest BCUT2D eigenvalue weighted by molar-refractivity contribution is 5.92. The van der Waals surface area contributed by atoms with Gasteiger partial charge in [0.25, 0.3) is 0 Å². The molecule has 0 saturated carbocycles. The number of hydrogen-bond donors (Lipinski definition) is 2. The number of rotatable bonds is 9. The number of carbonyl (C=O) groups excluding carboxylic acids is 3. The maximum atomic E-state index is 13.1. The summed E-state index contributed by atoms with van der Waals surface area (Å²) < 4.78 is 44.3. The van der Waals surface area contributed by atoms with Gasteiger partial charge in [-0.3, -0.25) is 9.59 Å². The zero-order valence-corrected chi connectivity index (χ0v) is 21.2. The van der Waals surface area contributed by atoms with Crippen molar-refractivity contribution in [3.63, 3.8) is 0 Å². The van der Waals surface area contributed by atoms with Crippen LogP contribution in [0.3, 0.4) is 0 Å². The fourth-order valence-electron chi connectivity index (χ4n) is 3.92. The molecular weight excluding hydrogens is 473 g/mol. The van der Waals surface area contributed by atoms with Crippen LogP contribution in [-0.2, 0) is 25.5 Å². The minimum atomic E-state index is -5.16. The Kier molecular flexibility index (Phi) is 9.90. The van der Waals surface area contributed by atoms with E-state index in [1.807, 2.05) is 13.0 Å². The van der Waals surface area contributed by atoms with Gasteiger partial charge in [-0.2, -0.15) is 13.2 Å². The monoisotopic (exact) mass is 508 g/mol. The van der Waals surface area contributed by atoms with Crippen LogP contribution in [0.25, 0.3) is 0 Å². The molecule has 0 bridgehead atoms. The highest BCUT2D eigenvalue weighted by atomic mass is 19.4. The Morgan fingerprint density at radius 1 is 1.06 bits per heavy atom. The number of esters is 1. The minimum Gasteiger partial charge on any atom is -0.458 e. The lowest BCUT2D eigenvalue weighted by molar-refractivity contribution is -0.174. The van der Waals surface area contributed by atoms with E-state index >= 15 is 0 Å². The molecule has 0 radical (unpaired) electrons. The molecule has 1 aromatic rings. The number of ether oxygens (including phenoxy) is 1. The van der Waals surface area contributed by atoms with Crippen LogP contribution in [0.1, 0.15) is 58.9 Å². The van der Waals surface area contributed by atoms with Crippen LogP contribution >= 0.6 is 0 Å². The van der Waals surface area contributed by atoms with Crippen molar-refractivity contribution in [1.29, 1.82) is 0 Å². The molecule has 2 N–H and O–H groups in total. The largest absolute Gasteiger partial charge is 0.471 e. The predicted molar refractivity (Wildman–Crippen MR) is 131 cm³/mol. The molecule has 36 heavy (non-hydrogen) atoms. The number of benzene rings is 1. The predicted octanol–water partition coefficient (Wildman–Crippen LogP) is 4.80. The molecule has 9 heteroatoms. The molecule has 0 unspecified atom stereocenters. The van der Waals surface area contributed by atoms with Crippen molar-refractivity contribution in [3.05, 3.63) is 59.7 Å². The van der Waals surface area contributed by atoms with Crippen LogP contribution in [0.4, 0.5) is 13.2 Å². The first-order valence-electron chi connectivity index (χ1n) is 11.9. The number of nitrogens with one attached hydrogen (secondary N) is 2. The van der Waals surface area contributed by atoms with Crippen LogP contribution in [0.2, 0.25) is 0 Å². The van der Waals surface area contributed by atoms with E-state index in [0.717, 1.165) is 24.0 Å². The Labute approximate surface area is 210 Å². The van der Waals surface area contributed by atoms with E-state index in [-0.39, 0.29) is 12.8 Å². The average molecular weight is 509 g/mol. The van der Waals surface area contributed by atoms with Crippen molar-refractivity contribution < 1.29 is 32.3 Å². The molecule has 1 aromatic carbocycles. The molecule has 6 nitrogen and oxygen atoms in total. The molecule has 0 heterocycles. The number of alkyl halides is 3. The SMILES string of the molecule is C=C(C)[C@@H]1CC=C(C[C@@H](NC(=O)[C@H](Cc2ccccc2)NC(=O)C(F)(F)F)C(=O)OC(C)(C)C)CC1. The quantitative estimate of drug-likeness (QED) is 0.371.